The quantitative estimate of drug-likeness (QED) is 0.693. The van der Waals surface area contributed by atoms with Gasteiger partial charge in [-0.25, -0.2) is 0 Å². The number of benzene rings is 1. The van der Waals surface area contributed by atoms with Crippen molar-refractivity contribution < 1.29 is 4.79 Å². The smallest absolute Gasteiger partial charge is 0.248 e. The Morgan fingerprint density at radius 3 is 2.86 bits per heavy atom. The molecule has 0 aliphatic heterocycles. The van der Waals surface area contributed by atoms with Gasteiger partial charge in [-0.2, -0.15) is 0 Å². The molecule has 0 fully saturated rings. The molecule has 2 N–H and O–H groups in total. The van der Waals surface area contributed by atoms with Gasteiger partial charge in [0, 0.05) is 18.0 Å². The van der Waals surface area contributed by atoms with E-state index in [4.69, 9.17) is 0 Å². The van der Waals surface area contributed by atoms with Gasteiger partial charge < -0.3 is 10.3 Å². The molecule has 0 unspecified atom stereocenters. The molecule has 0 aliphatic rings. The number of anilines is 1. The van der Waals surface area contributed by atoms with Gasteiger partial charge in [-0.05, 0) is 22.9 Å². The minimum absolute atomic E-state index is 0.152. The fraction of sp³-hybridized carbons (Fsp3) is 0. The molecule has 0 spiro atoms. The molecule has 1 aromatic heterocycles. The predicted molar refractivity (Wildman–Crippen MR) is 54.3 cm³/mol. The minimum Gasteiger partial charge on any atom is -0.329 e. The standard InChI is InChI=1S/C10H8N2O2/c13-6-12-9-2-1-7-5-11-10(14)4-8(7)3-9/h1-6H,(H,11,14)(H,12,13). The fourth-order valence-corrected chi connectivity index (χ4v) is 1.32. The first-order valence-corrected chi connectivity index (χ1v) is 4.12. The Morgan fingerprint density at radius 2 is 2.07 bits per heavy atom. The van der Waals surface area contributed by atoms with Crippen LogP contribution in [0.2, 0.25) is 0 Å². The van der Waals surface area contributed by atoms with E-state index >= 15 is 0 Å². The maximum Gasteiger partial charge on any atom is 0.248 e. The van der Waals surface area contributed by atoms with E-state index in [0.717, 1.165) is 10.8 Å². The first kappa shape index (κ1) is 8.50. The van der Waals surface area contributed by atoms with Crippen LogP contribution < -0.4 is 10.9 Å². The summed E-state index contributed by atoms with van der Waals surface area (Å²) in [7, 11) is 0. The number of aromatic nitrogens is 1. The highest BCUT2D eigenvalue weighted by Crippen LogP contribution is 2.15. The van der Waals surface area contributed by atoms with Crippen molar-refractivity contribution in [1.82, 2.24) is 4.98 Å². The van der Waals surface area contributed by atoms with Crippen molar-refractivity contribution in [1.29, 1.82) is 0 Å². The summed E-state index contributed by atoms with van der Waals surface area (Å²) in [5.74, 6) is 0. The summed E-state index contributed by atoms with van der Waals surface area (Å²) in [5.41, 5.74) is 0.527. The van der Waals surface area contributed by atoms with Crippen molar-refractivity contribution >= 4 is 22.9 Å². The summed E-state index contributed by atoms with van der Waals surface area (Å²) in [5, 5.41) is 4.26. The van der Waals surface area contributed by atoms with Crippen LogP contribution in [0.25, 0.3) is 10.8 Å². The lowest BCUT2D eigenvalue weighted by atomic mass is 10.1. The van der Waals surface area contributed by atoms with Gasteiger partial charge in [-0.15, -0.1) is 0 Å². The lowest BCUT2D eigenvalue weighted by Gasteiger charge is -2.00. The zero-order valence-corrected chi connectivity index (χ0v) is 7.28. The van der Waals surface area contributed by atoms with E-state index in [0.29, 0.717) is 12.1 Å². The second kappa shape index (κ2) is 3.33. The van der Waals surface area contributed by atoms with Gasteiger partial charge in [0.25, 0.3) is 0 Å². The summed E-state index contributed by atoms with van der Waals surface area (Å²) in [4.78, 5) is 23.8. The molecule has 2 rings (SSSR count). The monoisotopic (exact) mass is 188 g/mol. The number of H-pyrrole nitrogens is 1. The number of fused-ring (bicyclic) bond motifs is 1. The molecule has 0 saturated carbocycles. The number of hydrogen-bond donors (Lipinski definition) is 2. The van der Waals surface area contributed by atoms with Gasteiger partial charge in [0.1, 0.15) is 0 Å². The van der Waals surface area contributed by atoms with Gasteiger partial charge in [0.15, 0.2) is 0 Å². The van der Waals surface area contributed by atoms with Gasteiger partial charge in [0.2, 0.25) is 12.0 Å². The van der Waals surface area contributed by atoms with Gasteiger partial charge in [0.05, 0.1) is 0 Å². The summed E-state index contributed by atoms with van der Waals surface area (Å²) in [6.45, 7) is 0. The second-order valence-corrected chi connectivity index (χ2v) is 2.90. The molecule has 14 heavy (non-hydrogen) atoms. The number of carbonyl (C=O) groups is 1. The van der Waals surface area contributed by atoms with Crippen LogP contribution in [0.15, 0.2) is 35.3 Å². The Kier molecular flexibility index (Phi) is 2.02. The number of aromatic amines is 1. The third-order valence-electron chi connectivity index (χ3n) is 1.97. The molecular formula is C10H8N2O2. The number of pyridine rings is 1. The molecule has 1 aromatic carbocycles. The molecule has 0 bridgehead atoms. The number of amides is 1. The highest BCUT2D eigenvalue weighted by molar-refractivity contribution is 5.87. The third-order valence-corrected chi connectivity index (χ3v) is 1.97. The first-order chi connectivity index (χ1) is 6.79. The molecule has 2 aromatic rings. The van der Waals surface area contributed by atoms with Crippen LogP contribution in [0.3, 0.4) is 0 Å². The van der Waals surface area contributed by atoms with E-state index in [1.54, 1.807) is 18.3 Å². The summed E-state index contributed by atoms with van der Waals surface area (Å²) < 4.78 is 0. The number of carbonyl (C=O) groups excluding carboxylic acids is 1. The van der Waals surface area contributed by atoms with E-state index < -0.39 is 0 Å². The third kappa shape index (κ3) is 1.50. The summed E-state index contributed by atoms with van der Waals surface area (Å²) >= 11 is 0. The van der Waals surface area contributed by atoms with Crippen LogP contribution in [0, 0.1) is 0 Å². The molecular weight excluding hydrogens is 180 g/mol. The van der Waals surface area contributed by atoms with E-state index in [9.17, 15) is 9.59 Å². The van der Waals surface area contributed by atoms with Crippen LogP contribution in [0.1, 0.15) is 0 Å². The summed E-state index contributed by atoms with van der Waals surface area (Å²) in [6.07, 6.45) is 2.25. The topological polar surface area (TPSA) is 62.0 Å². The maximum absolute atomic E-state index is 11.0. The van der Waals surface area contributed by atoms with Crippen molar-refractivity contribution in [3.63, 3.8) is 0 Å². The lowest BCUT2D eigenvalue weighted by molar-refractivity contribution is -0.105. The molecule has 0 saturated heterocycles. The minimum atomic E-state index is -0.152. The summed E-state index contributed by atoms with van der Waals surface area (Å²) in [6, 6.07) is 6.84. The molecule has 4 heteroatoms. The van der Waals surface area contributed by atoms with Crippen LogP contribution in [0.4, 0.5) is 5.69 Å². The zero-order valence-electron chi connectivity index (χ0n) is 7.28. The zero-order chi connectivity index (χ0) is 9.97. The average Bonchev–Trinajstić information content (AvgIpc) is 2.17. The Morgan fingerprint density at radius 1 is 1.21 bits per heavy atom. The molecule has 4 nitrogen and oxygen atoms in total. The first-order valence-electron chi connectivity index (χ1n) is 4.12. The molecule has 0 aliphatic carbocycles. The molecule has 0 radical (unpaired) electrons. The van der Waals surface area contributed by atoms with Crippen molar-refractivity contribution in [3.8, 4) is 0 Å². The Bertz CT molecular complexity index is 531. The van der Waals surface area contributed by atoms with E-state index in [1.165, 1.54) is 6.07 Å². The van der Waals surface area contributed by atoms with Crippen LogP contribution in [0.5, 0.6) is 0 Å². The van der Waals surface area contributed by atoms with Crippen molar-refractivity contribution in [2.75, 3.05) is 5.32 Å². The van der Waals surface area contributed by atoms with Crippen LogP contribution in [-0.4, -0.2) is 11.4 Å². The van der Waals surface area contributed by atoms with E-state index in [1.807, 2.05) is 6.07 Å². The number of hydrogen-bond acceptors (Lipinski definition) is 2. The highest BCUT2D eigenvalue weighted by Gasteiger charge is 1.95. The van der Waals surface area contributed by atoms with Gasteiger partial charge >= 0.3 is 0 Å². The van der Waals surface area contributed by atoms with Crippen molar-refractivity contribution in [3.05, 3.63) is 40.8 Å². The fourth-order valence-electron chi connectivity index (χ4n) is 1.32. The van der Waals surface area contributed by atoms with Gasteiger partial charge in [-0.1, -0.05) is 6.07 Å². The van der Waals surface area contributed by atoms with E-state index in [2.05, 4.69) is 10.3 Å². The number of rotatable bonds is 2. The lowest BCUT2D eigenvalue weighted by Crippen LogP contribution is -2.02. The van der Waals surface area contributed by atoms with E-state index in [-0.39, 0.29) is 5.56 Å². The van der Waals surface area contributed by atoms with Crippen LogP contribution >= 0.6 is 0 Å². The average molecular weight is 188 g/mol. The van der Waals surface area contributed by atoms with Gasteiger partial charge in [-0.3, -0.25) is 9.59 Å². The van der Waals surface area contributed by atoms with Crippen molar-refractivity contribution in [2.45, 2.75) is 0 Å². The Hall–Kier alpha value is -2.10. The Balaban J connectivity index is 2.63. The molecule has 70 valence electrons. The SMILES string of the molecule is O=CNc1ccc2c[nH]c(=O)cc2c1. The predicted octanol–water partition coefficient (Wildman–Crippen LogP) is 1.10. The number of nitrogens with one attached hydrogen (secondary N) is 2. The molecule has 1 amide bonds. The molecule has 1 heterocycles. The Labute approximate surface area is 79.6 Å². The molecule has 0 atom stereocenters. The maximum atomic E-state index is 11.0. The van der Waals surface area contributed by atoms with Crippen LogP contribution in [-0.2, 0) is 4.79 Å². The van der Waals surface area contributed by atoms with Crippen molar-refractivity contribution in [2.24, 2.45) is 0 Å². The normalized spacial score (nSPS) is 10.0. The highest BCUT2D eigenvalue weighted by atomic mass is 16.1. The second-order valence-electron chi connectivity index (χ2n) is 2.90. The largest absolute Gasteiger partial charge is 0.329 e.